The number of carbonyl (C=O) groups is 8. The fourth-order valence-corrected chi connectivity index (χ4v) is 10.5. The lowest BCUT2D eigenvalue weighted by Gasteiger charge is -2.30. The number of urea groups is 2. The second-order valence-corrected chi connectivity index (χ2v) is 18.8. The molecule has 4 heterocycles. The standard InChI is InChI=1S/C26H27FN4O5.C15H15N3O6.C11H14FN.2CH4/c1-15-3-10-21(16-4-6-18(27)7-5-16)31(15)22(32)14-30-23(33)26(36-25(30)35)12-11-17-13-19(8-9-20(17)26)29-24(34)28-2;1-16-13(22)17-9-2-3-10-8(6-9)4-5-15(10)12(21)18(7-11(19)20)14(23)24-15;1-8-2-7-11(13-8)9-3-5-10(12)6-4-9;;/h4-9,13,15,21H,3,10-12,14H2,1-2H3,(H2,28,29,34);2-3,6H,4-5,7H2,1H3,(H,19,20)(H2,16,17,22);3-6,8,11,13H,2,7H2,1H3;2*1H4/t15-,21-,26-;15-;8-,11-;;/m111../s1. The van der Waals surface area contributed by atoms with Gasteiger partial charge in [0.05, 0.1) is 6.04 Å². The number of nitrogens with one attached hydrogen (secondary N) is 5. The average Bonchev–Trinajstić information content (AvgIpc) is 4.22. The van der Waals surface area contributed by atoms with Crippen LogP contribution in [0, 0.1) is 11.6 Å². The number of benzene rings is 4. The van der Waals surface area contributed by atoms with E-state index in [1.165, 1.54) is 50.3 Å². The summed E-state index contributed by atoms with van der Waals surface area (Å²) in [6, 6.07) is 22.8. The summed E-state index contributed by atoms with van der Waals surface area (Å²) in [5, 5.41) is 22.5. The Morgan fingerprint density at radius 3 is 1.56 bits per heavy atom. The number of carbonyl (C=O) groups excluding carboxylic acids is 7. The van der Waals surface area contributed by atoms with E-state index in [0.29, 0.717) is 58.7 Å². The summed E-state index contributed by atoms with van der Waals surface area (Å²) in [5.41, 5.74) is 2.84. The third-order valence-corrected chi connectivity index (χ3v) is 14.1. The van der Waals surface area contributed by atoms with E-state index >= 15 is 0 Å². The highest BCUT2D eigenvalue weighted by Crippen LogP contribution is 2.48. The first-order valence-corrected chi connectivity index (χ1v) is 24.0. The lowest BCUT2D eigenvalue weighted by atomic mass is 9.94. The van der Waals surface area contributed by atoms with E-state index in [2.05, 4.69) is 33.5 Å². The number of likely N-dealkylation sites (tertiary alicyclic amines) is 1. The molecule has 2 spiro atoms. The van der Waals surface area contributed by atoms with E-state index in [-0.39, 0.29) is 69.4 Å². The van der Waals surface area contributed by atoms with Crippen LogP contribution in [-0.4, -0.2) is 107 Å². The van der Waals surface area contributed by atoms with E-state index in [1.807, 2.05) is 19.1 Å². The Morgan fingerprint density at radius 1 is 0.653 bits per heavy atom. The van der Waals surface area contributed by atoms with Crippen molar-refractivity contribution in [2.24, 2.45) is 0 Å². The number of hydrogen-bond acceptors (Lipinski definition) is 11. The molecule has 4 fully saturated rings. The van der Waals surface area contributed by atoms with Crippen LogP contribution >= 0.6 is 0 Å². The minimum atomic E-state index is -1.47. The first-order valence-electron chi connectivity index (χ1n) is 24.0. The van der Waals surface area contributed by atoms with Crippen molar-refractivity contribution < 1.29 is 61.7 Å². The summed E-state index contributed by atoms with van der Waals surface area (Å²) in [4.78, 5) is 101. The molecule has 6 atom stereocenters. The van der Waals surface area contributed by atoms with Crippen molar-refractivity contribution in [3.63, 3.8) is 0 Å². The Balaban J connectivity index is 0.000000201. The molecule has 4 aromatic carbocycles. The minimum Gasteiger partial charge on any atom is -0.480 e. The van der Waals surface area contributed by atoms with Crippen LogP contribution in [0.1, 0.15) is 113 Å². The van der Waals surface area contributed by atoms with E-state index < -0.39 is 54.3 Å². The van der Waals surface area contributed by atoms with Gasteiger partial charge < -0.3 is 46.1 Å². The summed E-state index contributed by atoms with van der Waals surface area (Å²) in [6.45, 7) is 2.95. The zero-order valence-electron chi connectivity index (χ0n) is 40.6. The molecule has 2 aliphatic carbocycles. The number of carboxylic acids is 1. The van der Waals surface area contributed by atoms with Crippen molar-refractivity contribution in [3.05, 3.63) is 130 Å². The van der Waals surface area contributed by atoms with Crippen molar-refractivity contribution >= 4 is 59.3 Å². The van der Waals surface area contributed by atoms with Crippen LogP contribution in [0.3, 0.4) is 0 Å². The topological polar surface area (TPSA) is 245 Å². The number of anilines is 2. The fraction of sp³-hybridized carbons (Fsp3) is 0.407. The summed E-state index contributed by atoms with van der Waals surface area (Å²) < 4.78 is 37.0. The van der Waals surface area contributed by atoms with Gasteiger partial charge in [-0.1, -0.05) is 51.3 Å². The lowest BCUT2D eigenvalue weighted by molar-refractivity contribution is -0.144. The third kappa shape index (κ3) is 11.4. The molecular formula is C54H64F2N8O11. The summed E-state index contributed by atoms with van der Waals surface area (Å²) in [5.74, 6) is -3.39. The van der Waals surface area contributed by atoms with Gasteiger partial charge in [-0.15, -0.1) is 0 Å². The largest absolute Gasteiger partial charge is 0.480 e. The first kappa shape index (κ1) is 56.4. The number of hydrogen-bond donors (Lipinski definition) is 6. The van der Waals surface area contributed by atoms with E-state index in [0.717, 1.165) is 34.4 Å². The van der Waals surface area contributed by atoms with Crippen LogP contribution in [0.2, 0.25) is 0 Å². The van der Waals surface area contributed by atoms with Crippen molar-refractivity contribution in [2.75, 3.05) is 37.8 Å². The molecule has 4 aromatic rings. The molecule has 0 aromatic heterocycles. The molecule has 0 radical (unpaired) electrons. The van der Waals surface area contributed by atoms with Gasteiger partial charge in [0.15, 0.2) is 0 Å². The van der Waals surface area contributed by atoms with Gasteiger partial charge in [-0.05, 0) is 123 Å². The van der Waals surface area contributed by atoms with Crippen LogP contribution in [0.5, 0.6) is 0 Å². The Morgan fingerprint density at radius 2 is 1.12 bits per heavy atom. The maximum atomic E-state index is 13.5. The van der Waals surface area contributed by atoms with Crippen LogP contribution in [-0.2, 0) is 52.7 Å². The monoisotopic (exact) mass is 1040 g/mol. The van der Waals surface area contributed by atoms with Gasteiger partial charge in [0.2, 0.25) is 17.1 Å². The molecule has 19 nitrogen and oxygen atoms in total. The molecule has 10 rings (SSSR count). The predicted octanol–water partition coefficient (Wildman–Crippen LogP) is 8.00. The number of nitrogens with zero attached hydrogens (tertiary/aromatic N) is 3. The van der Waals surface area contributed by atoms with E-state index in [4.69, 9.17) is 14.6 Å². The second-order valence-electron chi connectivity index (χ2n) is 18.8. The summed E-state index contributed by atoms with van der Waals surface area (Å²) in [7, 11) is 3.00. The van der Waals surface area contributed by atoms with Gasteiger partial charge in [0.1, 0.15) is 24.7 Å². The normalized spacial score (nSPS) is 23.6. The number of imide groups is 2. The average molecular weight is 1040 g/mol. The van der Waals surface area contributed by atoms with Crippen molar-refractivity contribution in [1.29, 1.82) is 0 Å². The zero-order chi connectivity index (χ0) is 52.4. The lowest BCUT2D eigenvalue weighted by Crippen LogP contribution is -2.46. The number of aliphatic carboxylic acids is 1. The number of rotatable bonds is 8. The number of halogens is 2. The van der Waals surface area contributed by atoms with E-state index in [1.54, 1.807) is 53.4 Å². The summed E-state index contributed by atoms with van der Waals surface area (Å²) in [6.07, 6.45) is 3.49. The smallest absolute Gasteiger partial charge is 0.418 e. The maximum Gasteiger partial charge on any atom is 0.418 e. The second kappa shape index (κ2) is 23.1. The number of fused-ring (bicyclic) bond motifs is 4. The Kier molecular flexibility index (Phi) is 17.3. The molecular weight excluding hydrogens is 975 g/mol. The molecule has 4 saturated heterocycles. The quantitative estimate of drug-likeness (QED) is 0.0983. The highest BCUT2D eigenvalue weighted by Gasteiger charge is 2.60. The van der Waals surface area contributed by atoms with Gasteiger partial charge >= 0.3 is 30.2 Å². The van der Waals surface area contributed by atoms with Crippen molar-refractivity contribution in [3.8, 4) is 0 Å². The Hall–Kier alpha value is -7.94. The predicted molar refractivity (Wildman–Crippen MR) is 272 cm³/mol. The molecule has 0 bridgehead atoms. The first-order chi connectivity index (χ1) is 34.9. The molecule has 21 heteroatoms. The number of amides is 9. The van der Waals surface area contributed by atoms with Crippen LogP contribution in [0.4, 0.5) is 39.3 Å². The highest BCUT2D eigenvalue weighted by atomic mass is 19.1. The Bertz CT molecular complexity index is 2850. The number of aryl methyl sites for hydroxylation is 2. The molecule has 4 aliphatic heterocycles. The number of carboxylic acid groups (broad SMARTS) is 1. The van der Waals surface area contributed by atoms with E-state index in [9.17, 15) is 47.1 Å². The highest BCUT2D eigenvalue weighted by molar-refractivity contribution is 6.07. The van der Waals surface area contributed by atoms with Crippen LogP contribution in [0.15, 0.2) is 84.9 Å². The van der Waals surface area contributed by atoms with Gasteiger partial charge in [-0.3, -0.25) is 19.2 Å². The molecule has 75 heavy (non-hydrogen) atoms. The van der Waals surface area contributed by atoms with Gasteiger partial charge in [0.25, 0.3) is 11.8 Å². The molecule has 9 amide bonds. The summed E-state index contributed by atoms with van der Waals surface area (Å²) >= 11 is 0. The third-order valence-electron chi connectivity index (χ3n) is 14.1. The van der Waals surface area contributed by atoms with Crippen LogP contribution < -0.4 is 26.6 Å². The maximum absolute atomic E-state index is 13.5. The van der Waals surface area contributed by atoms with Crippen molar-refractivity contribution in [2.45, 2.75) is 115 Å². The Labute approximate surface area is 433 Å². The minimum absolute atomic E-state index is 0. The molecule has 6 N–H and O–H groups in total. The zero-order valence-corrected chi connectivity index (χ0v) is 40.6. The van der Waals surface area contributed by atoms with Gasteiger partial charge in [-0.2, -0.15) is 0 Å². The number of ether oxygens (including phenoxy) is 2. The fourth-order valence-electron chi connectivity index (χ4n) is 10.5. The molecule has 0 saturated carbocycles. The van der Waals surface area contributed by atoms with Gasteiger partial charge in [-0.25, -0.2) is 37.8 Å². The van der Waals surface area contributed by atoms with Crippen LogP contribution in [0.25, 0.3) is 0 Å². The van der Waals surface area contributed by atoms with Gasteiger partial charge in [0, 0.05) is 67.6 Å². The SMILES string of the molecule is C.C.CNC(=O)Nc1ccc2c(c1)CC[C@@]21OC(=O)N(CC(=O)N2[C@H](C)CC[C@@H]2c2ccc(F)cc2)C1=O.CNC(=O)Nc1ccc2c(c1)CC[C@@]21OC(=O)N(CC(=O)O)C1=O.C[C@@H]1CC[C@H](c2ccc(F)cc2)N1. The molecule has 400 valence electrons. The molecule has 6 aliphatic rings. The molecule has 0 unspecified atom stereocenters. The van der Waals surface area contributed by atoms with Crippen molar-refractivity contribution in [1.82, 2.24) is 30.7 Å².